The number of carbonyl (C=O) groups is 1. The molecular weight excluding hydrogens is 335 g/mol. The van der Waals surface area contributed by atoms with Crippen molar-refractivity contribution in [3.8, 4) is 11.1 Å². The van der Waals surface area contributed by atoms with Gasteiger partial charge in [-0.3, -0.25) is 5.32 Å². The van der Waals surface area contributed by atoms with Crippen LogP contribution in [0.25, 0.3) is 11.1 Å². The first-order chi connectivity index (χ1) is 11.1. The Morgan fingerprint density at radius 3 is 2.58 bits per heavy atom. The molecule has 0 aliphatic carbocycles. The van der Waals surface area contributed by atoms with Gasteiger partial charge in [-0.2, -0.15) is 4.73 Å². The van der Waals surface area contributed by atoms with E-state index in [1.807, 2.05) is 0 Å². The maximum Gasteiger partial charge on any atom is 0.412 e. The Labute approximate surface area is 144 Å². The summed E-state index contributed by atoms with van der Waals surface area (Å²) in [5.41, 5.74) is 0.367. The standard InChI is InChI=1S/C17H18ClFN2O3/c1-10-15(13(18)7-8-21(10)23)12-6-5-11(9-14(12)19)20-16(22)24-17(2,3)4/h5-9H,1-4H3,(H,20,22). The van der Waals surface area contributed by atoms with Crippen molar-refractivity contribution in [2.24, 2.45) is 0 Å². The first-order valence-corrected chi connectivity index (χ1v) is 7.64. The molecule has 0 spiro atoms. The zero-order chi connectivity index (χ0) is 18.1. The summed E-state index contributed by atoms with van der Waals surface area (Å²) in [4.78, 5) is 11.7. The molecule has 5 nitrogen and oxygen atoms in total. The SMILES string of the molecule is Cc1c(-c2ccc(NC(=O)OC(C)(C)C)cc2F)c(Cl)cc[n+]1[O-]. The number of rotatable bonds is 2. The summed E-state index contributed by atoms with van der Waals surface area (Å²) in [6.45, 7) is 6.75. The molecule has 7 heteroatoms. The van der Waals surface area contributed by atoms with Gasteiger partial charge >= 0.3 is 6.09 Å². The van der Waals surface area contributed by atoms with Crippen LogP contribution in [-0.4, -0.2) is 11.7 Å². The summed E-state index contributed by atoms with van der Waals surface area (Å²) in [6, 6.07) is 5.52. The summed E-state index contributed by atoms with van der Waals surface area (Å²) in [6.07, 6.45) is 0.582. The molecule has 0 bridgehead atoms. The van der Waals surface area contributed by atoms with E-state index in [1.54, 1.807) is 27.7 Å². The van der Waals surface area contributed by atoms with Crippen LogP contribution in [0.2, 0.25) is 5.02 Å². The molecule has 0 unspecified atom stereocenters. The number of nitrogens with one attached hydrogen (secondary N) is 1. The van der Waals surface area contributed by atoms with Crippen molar-refractivity contribution in [2.75, 3.05) is 5.32 Å². The number of hydrogen-bond donors (Lipinski definition) is 1. The van der Waals surface area contributed by atoms with E-state index in [4.69, 9.17) is 16.3 Å². The van der Waals surface area contributed by atoms with Crippen molar-refractivity contribution in [1.29, 1.82) is 0 Å². The molecule has 128 valence electrons. The van der Waals surface area contributed by atoms with Gasteiger partial charge in [0.2, 0.25) is 0 Å². The van der Waals surface area contributed by atoms with E-state index in [2.05, 4.69) is 5.32 Å². The Balaban J connectivity index is 2.32. The Hall–Kier alpha value is -2.34. The van der Waals surface area contributed by atoms with E-state index >= 15 is 0 Å². The lowest BCUT2D eigenvalue weighted by atomic mass is 10.0. The van der Waals surface area contributed by atoms with Gasteiger partial charge in [-0.25, -0.2) is 9.18 Å². The largest absolute Gasteiger partial charge is 0.618 e. The predicted molar refractivity (Wildman–Crippen MR) is 90.4 cm³/mol. The van der Waals surface area contributed by atoms with Crippen LogP contribution in [-0.2, 0) is 4.74 Å². The van der Waals surface area contributed by atoms with Crippen LogP contribution in [0, 0.1) is 17.9 Å². The zero-order valence-corrected chi connectivity index (χ0v) is 14.6. The number of anilines is 1. The number of ether oxygens (including phenoxy) is 1. The van der Waals surface area contributed by atoms with Crippen LogP contribution in [0.15, 0.2) is 30.5 Å². The van der Waals surface area contributed by atoms with E-state index in [-0.39, 0.29) is 22.0 Å². The van der Waals surface area contributed by atoms with Crippen LogP contribution < -0.4 is 10.0 Å². The summed E-state index contributed by atoms with van der Waals surface area (Å²) in [5.74, 6) is -0.611. The monoisotopic (exact) mass is 352 g/mol. The van der Waals surface area contributed by atoms with Gasteiger partial charge < -0.3 is 9.94 Å². The number of amides is 1. The number of halogens is 2. The molecule has 0 saturated heterocycles. The van der Waals surface area contributed by atoms with Crippen molar-refractivity contribution >= 4 is 23.4 Å². The van der Waals surface area contributed by atoms with Crippen molar-refractivity contribution in [1.82, 2.24) is 0 Å². The maximum atomic E-state index is 14.5. The smallest absolute Gasteiger partial charge is 0.412 e. The second-order valence-electron chi connectivity index (χ2n) is 6.27. The third-order valence-electron chi connectivity index (χ3n) is 3.17. The quantitative estimate of drug-likeness (QED) is 0.642. The Morgan fingerprint density at radius 1 is 1.33 bits per heavy atom. The normalized spacial score (nSPS) is 11.2. The molecule has 0 saturated carbocycles. The Morgan fingerprint density at radius 2 is 2.00 bits per heavy atom. The highest BCUT2D eigenvalue weighted by atomic mass is 35.5. The molecule has 2 aromatic rings. The summed E-state index contributed by atoms with van der Waals surface area (Å²) in [5, 5.41) is 14.4. The van der Waals surface area contributed by atoms with Crippen LogP contribution in [0.3, 0.4) is 0 Å². The van der Waals surface area contributed by atoms with Gasteiger partial charge in [-0.1, -0.05) is 11.6 Å². The van der Waals surface area contributed by atoms with E-state index in [9.17, 15) is 14.4 Å². The molecule has 1 heterocycles. The minimum Gasteiger partial charge on any atom is -0.618 e. The third-order valence-corrected chi connectivity index (χ3v) is 3.49. The summed E-state index contributed by atoms with van der Waals surface area (Å²) < 4.78 is 20.2. The van der Waals surface area contributed by atoms with Gasteiger partial charge in [0, 0.05) is 24.2 Å². The van der Waals surface area contributed by atoms with Crippen molar-refractivity contribution in [2.45, 2.75) is 33.3 Å². The van der Waals surface area contributed by atoms with Gasteiger partial charge in [-0.15, -0.1) is 0 Å². The first kappa shape index (κ1) is 18.0. The number of benzene rings is 1. The molecule has 0 fully saturated rings. The molecule has 1 N–H and O–H groups in total. The van der Waals surface area contributed by atoms with Gasteiger partial charge in [-0.05, 0) is 39.0 Å². The van der Waals surface area contributed by atoms with Crippen molar-refractivity contribution in [3.05, 3.63) is 52.2 Å². The lowest BCUT2D eigenvalue weighted by molar-refractivity contribution is -0.611. The molecule has 0 aliphatic heterocycles. The number of hydrogen-bond acceptors (Lipinski definition) is 3. The molecule has 1 amide bonds. The predicted octanol–water partition coefficient (Wildman–Crippen LogP) is 4.43. The minimum atomic E-state index is -0.680. The van der Waals surface area contributed by atoms with Gasteiger partial charge in [0.15, 0.2) is 11.9 Å². The van der Waals surface area contributed by atoms with Crippen LogP contribution >= 0.6 is 11.6 Å². The molecule has 1 aromatic heterocycles. The highest BCUT2D eigenvalue weighted by Gasteiger charge is 2.19. The second-order valence-corrected chi connectivity index (χ2v) is 6.68. The third kappa shape index (κ3) is 4.14. The Bertz CT molecular complexity index is 788. The number of aromatic nitrogens is 1. The van der Waals surface area contributed by atoms with Gasteiger partial charge in [0.05, 0.1) is 10.6 Å². The molecule has 2 rings (SSSR count). The molecule has 0 aliphatic rings. The first-order valence-electron chi connectivity index (χ1n) is 7.26. The van der Waals surface area contributed by atoms with Crippen LogP contribution in [0.1, 0.15) is 26.5 Å². The molecule has 0 radical (unpaired) electrons. The summed E-state index contributed by atoms with van der Waals surface area (Å²) in [7, 11) is 0. The number of nitrogens with zero attached hydrogens (tertiary/aromatic N) is 1. The fraction of sp³-hybridized carbons (Fsp3) is 0.294. The van der Waals surface area contributed by atoms with Gasteiger partial charge in [0.1, 0.15) is 11.4 Å². The van der Waals surface area contributed by atoms with Crippen molar-refractivity contribution in [3.63, 3.8) is 0 Å². The second kappa shape index (κ2) is 6.65. The zero-order valence-electron chi connectivity index (χ0n) is 13.8. The number of carbonyl (C=O) groups excluding carboxylic acids is 1. The molecule has 0 atom stereocenters. The fourth-order valence-corrected chi connectivity index (χ4v) is 2.45. The van der Waals surface area contributed by atoms with E-state index in [1.165, 1.54) is 24.4 Å². The van der Waals surface area contributed by atoms with Gasteiger partial charge in [0.25, 0.3) is 0 Å². The summed E-state index contributed by atoms with van der Waals surface area (Å²) >= 11 is 6.10. The lowest BCUT2D eigenvalue weighted by Gasteiger charge is -2.19. The van der Waals surface area contributed by atoms with Crippen molar-refractivity contribution < 1.29 is 18.7 Å². The maximum absolute atomic E-state index is 14.5. The number of pyridine rings is 1. The van der Waals surface area contributed by atoms with Crippen LogP contribution in [0.4, 0.5) is 14.9 Å². The van der Waals surface area contributed by atoms with E-state index < -0.39 is 17.5 Å². The average molecular weight is 353 g/mol. The van der Waals surface area contributed by atoms with Crippen LogP contribution in [0.5, 0.6) is 0 Å². The fourth-order valence-electron chi connectivity index (χ4n) is 2.15. The lowest BCUT2D eigenvalue weighted by Crippen LogP contribution is -2.30. The molecular formula is C17H18ClFN2O3. The minimum absolute atomic E-state index is 0.178. The van der Waals surface area contributed by atoms with E-state index in [0.29, 0.717) is 10.3 Å². The average Bonchev–Trinajstić information content (AvgIpc) is 2.43. The van der Waals surface area contributed by atoms with E-state index in [0.717, 1.165) is 6.07 Å². The molecule has 1 aromatic carbocycles. The highest BCUT2D eigenvalue weighted by Crippen LogP contribution is 2.32. The topological polar surface area (TPSA) is 65.3 Å². The highest BCUT2D eigenvalue weighted by molar-refractivity contribution is 6.33. The Kier molecular flexibility index (Phi) is 4.99. The molecule has 24 heavy (non-hydrogen) atoms.